The monoisotopic (exact) mass is 172 g/mol. The van der Waals surface area contributed by atoms with Gasteiger partial charge in [0.15, 0.2) is 5.16 Å². The van der Waals surface area contributed by atoms with Crippen LogP contribution >= 0.6 is 11.8 Å². The van der Waals surface area contributed by atoms with Gasteiger partial charge in [0.05, 0.1) is 5.94 Å². The van der Waals surface area contributed by atoms with Gasteiger partial charge in [0, 0.05) is 11.8 Å². The van der Waals surface area contributed by atoms with E-state index >= 15 is 0 Å². The Kier molecular flexibility index (Phi) is 2.67. The summed E-state index contributed by atoms with van der Waals surface area (Å²) in [5, 5.41) is 8.93. The molecule has 0 saturated heterocycles. The van der Waals surface area contributed by atoms with Crippen molar-refractivity contribution in [2.45, 2.75) is 12.1 Å². The molecule has 0 saturated carbocycles. The van der Waals surface area contributed by atoms with Crippen LogP contribution in [0, 0.1) is 6.92 Å². The fraction of sp³-hybridized carbons (Fsp3) is 0.333. The summed E-state index contributed by atoms with van der Waals surface area (Å²) in [6, 6.07) is 0. The van der Waals surface area contributed by atoms with Crippen LogP contribution in [-0.2, 0) is 0 Å². The topological polar surface area (TPSA) is 66.0 Å². The minimum Gasteiger partial charge on any atom is -0.385 e. The van der Waals surface area contributed by atoms with Gasteiger partial charge in [0.25, 0.3) is 5.56 Å². The molecule has 2 N–H and O–H groups in total. The molecule has 0 atom stereocenters. The molecule has 1 aromatic heterocycles. The molecule has 0 fully saturated rings. The largest absolute Gasteiger partial charge is 0.385 e. The first kappa shape index (κ1) is 8.29. The van der Waals surface area contributed by atoms with E-state index in [0.29, 0.717) is 10.7 Å². The number of aliphatic hydroxyl groups excluding tert-OH is 1. The fourth-order valence-electron chi connectivity index (χ4n) is 0.577. The summed E-state index contributed by atoms with van der Waals surface area (Å²) >= 11 is 1.09. The third kappa shape index (κ3) is 2.06. The van der Waals surface area contributed by atoms with Crippen LogP contribution in [-0.4, -0.2) is 21.0 Å². The van der Waals surface area contributed by atoms with Crippen LogP contribution < -0.4 is 5.56 Å². The Balaban J connectivity index is 2.96. The lowest BCUT2D eigenvalue weighted by Gasteiger charge is -1.95. The minimum absolute atomic E-state index is 0.0774. The molecule has 1 aromatic rings. The number of nitrogens with zero attached hydrogens (tertiary/aromatic N) is 1. The highest BCUT2D eigenvalue weighted by atomic mass is 32.2. The van der Waals surface area contributed by atoms with Gasteiger partial charge < -0.3 is 10.1 Å². The Hall–Kier alpha value is -0.810. The van der Waals surface area contributed by atoms with Gasteiger partial charge in [-0.3, -0.25) is 4.79 Å². The zero-order chi connectivity index (χ0) is 8.27. The van der Waals surface area contributed by atoms with Gasteiger partial charge >= 0.3 is 0 Å². The van der Waals surface area contributed by atoms with Crippen molar-refractivity contribution in [3.63, 3.8) is 0 Å². The quantitative estimate of drug-likeness (QED) is 0.378. The molecule has 5 heteroatoms. The highest BCUT2D eigenvalue weighted by Gasteiger charge is 1.96. The van der Waals surface area contributed by atoms with Crippen LogP contribution in [0.5, 0.6) is 0 Å². The van der Waals surface area contributed by atoms with Crippen LogP contribution in [0.2, 0.25) is 0 Å². The number of hydrogen-bond acceptors (Lipinski definition) is 4. The summed E-state index contributed by atoms with van der Waals surface area (Å²) < 4.78 is 0. The van der Waals surface area contributed by atoms with E-state index in [2.05, 4.69) is 9.97 Å². The maximum Gasteiger partial charge on any atom is 0.254 e. The third-order valence-corrected chi connectivity index (χ3v) is 1.77. The van der Waals surface area contributed by atoms with Gasteiger partial charge in [-0.2, -0.15) is 0 Å². The van der Waals surface area contributed by atoms with Crippen molar-refractivity contribution in [3.8, 4) is 0 Å². The van der Waals surface area contributed by atoms with E-state index in [9.17, 15) is 4.79 Å². The second-order valence-corrected chi connectivity index (χ2v) is 2.91. The summed E-state index contributed by atoms with van der Waals surface area (Å²) in [6.07, 6.45) is 1.48. The number of nitrogens with one attached hydrogen (secondary N) is 1. The lowest BCUT2D eigenvalue weighted by Crippen LogP contribution is -2.10. The van der Waals surface area contributed by atoms with Gasteiger partial charge in [0.2, 0.25) is 0 Å². The summed E-state index contributed by atoms with van der Waals surface area (Å²) in [7, 11) is 0. The number of thioether (sulfide) groups is 1. The predicted molar refractivity (Wildman–Crippen MR) is 42.5 cm³/mol. The van der Waals surface area contributed by atoms with Gasteiger partial charge in [0.1, 0.15) is 0 Å². The molecule has 0 aromatic carbocycles. The molecule has 60 valence electrons. The Morgan fingerprint density at radius 1 is 1.82 bits per heavy atom. The molecule has 4 nitrogen and oxygen atoms in total. The van der Waals surface area contributed by atoms with Crippen molar-refractivity contribution in [2.24, 2.45) is 0 Å². The van der Waals surface area contributed by atoms with E-state index in [4.69, 9.17) is 5.11 Å². The zero-order valence-electron chi connectivity index (χ0n) is 6.00. The van der Waals surface area contributed by atoms with Gasteiger partial charge in [-0.25, -0.2) is 4.98 Å². The molecule has 1 heterocycles. The van der Waals surface area contributed by atoms with E-state index in [-0.39, 0.29) is 11.5 Å². The highest BCUT2D eigenvalue weighted by Crippen LogP contribution is 2.06. The van der Waals surface area contributed by atoms with E-state index in [1.54, 1.807) is 6.92 Å². The third-order valence-electron chi connectivity index (χ3n) is 1.16. The Labute approximate surface area is 67.7 Å². The molecule has 0 radical (unpaired) electrons. The van der Waals surface area contributed by atoms with Crippen molar-refractivity contribution in [1.82, 2.24) is 9.97 Å². The van der Waals surface area contributed by atoms with E-state index in [0.717, 1.165) is 11.8 Å². The highest BCUT2D eigenvalue weighted by molar-refractivity contribution is 7.98. The number of aromatic nitrogens is 2. The molecular formula is C6H8N2O2S. The molecule has 1 rings (SSSR count). The lowest BCUT2D eigenvalue weighted by molar-refractivity contribution is 0.375. The van der Waals surface area contributed by atoms with Gasteiger partial charge in [-0.15, -0.1) is 0 Å². The van der Waals surface area contributed by atoms with Crippen LogP contribution in [0.3, 0.4) is 0 Å². The Morgan fingerprint density at radius 2 is 2.55 bits per heavy atom. The molecule has 0 spiro atoms. The molecule has 11 heavy (non-hydrogen) atoms. The average Bonchev–Trinajstić information content (AvgIpc) is 1.98. The summed E-state index contributed by atoms with van der Waals surface area (Å²) in [5.74, 6) is -0.0774. The molecular weight excluding hydrogens is 164 g/mol. The molecule has 0 aliphatic heterocycles. The first-order chi connectivity index (χ1) is 5.24. The molecule has 0 bridgehead atoms. The van der Waals surface area contributed by atoms with Crippen molar-refractivity contribution in [3.05, 3.63) is 22.1 Å². The number of aromatic amines is 1. The summed E-state index contributed by atoms with van der Waals surface area (Å²) in [4.78, 5) is 17.3. The normalized spacial score (nSPS) is 10.0. The average molecular weight is 172 g/mol. The second kappa shape index (κ2) is 3.54. The van der Waals surface area contributed by atoms with E-state index in [1.165, 1.54) is 6.20 Å². The van der Waals surface area contributed by atoms with Crippen molar-refractivity contribution in [1.29, 1.82) is 0 Å². The van der Waals surface area contributed by atoms with Crippen LogP contribution in [0.1, 0.15) is 5.56 Å². The number of rotatable bonds is 2. The SMILES string of the molecule is Cc1cnc(SCO)[nH]c1=O. The van der Waals surface area contributed by atoms with Crippen molar-refractivity contribution >= 4 is 11.8 Å². The smallest absolute Gasteiger partial charge is 0.254 e. The van der Waals surface area contributed by atoms with Crippen molar-refractivity contribution in [2.75, 3.05) is 5.94 Å². The number of hydrogen-bond donors (Lipinski definition) is 2. The summed E-state index contributed by atoms with van der Waals surface area (Å²) in [6.45, 7) is 1.68. The van der Waals surface area contributed by atoms with Gasteiger partial charge in [-0.05, 0) is 6.92 Å². The Morgan fingerprint density at radius 3 is 3.09 bits per heavy atom. The lowest BCUT2D eigenvalue weighted by atomic mass is 10.4. The first-order valence-electron chi connectivity index (χ1n) is 3.03. The molecule has 0 aliphatic carbocycles. The van der Waals surface area contributed by atoms with E-state index in [1.807, 2.05) is 0 Å². The zero-order valence-corrected chi connectivity index (χ0v) is 6.81. The molecule has 0 unspecified atom stereocenters. The Bertz CT molecular complexity index is 297. The standard InChI is InChI=1S/C6H8N2O2S/c1-4-2-7-6(11-3-9)8-5(4)10/h2,9H,3H2,1H3,(H,7,8,10). The molecule has 0 aliphatic rings. The predicted octanol–water partition coefficient (Wildman–Crippen LogP) is 0.120. The maximum atomic E-state index is 10.9. The first-order valence-corrected chi connectivity index (χ1v) is 4.02. The van der Waals surface area contributed by atoms with Crippen LogP contribution in [0.25, 0.3) is 0 Å². The van der Waals surface area contributed by atoms with Crippen LogP contribution in [0.4, 0.5) is 0 Å². The minimum atomic E-state index is -0.157. The number of aliphatic hydroxyl groups is 1. The number of H-pyrrole nitrogens is 1. The maximum absolute atomic E-state index is 10.9. The summed E-state index contributed by atoms with van der Waals surface area (Å²) in [5.41, 5.74) is 0.420. The van der Waals surface area contributed by atoms with Gasteiger partial charge in [-0.1, -0.05) is 11.8 Å². The second-order valence-electron chi connectivity index (χ2n) is 1.97. The number of aryl methyl sites for hydroxylation is 1. The van der Waals surface area contributed by atoms with Crippen molar-refractivity contribution < 1.29 is 5.11 Å². The van der Waals surface area contributed by atoms with Crippen LogP contribution in [0.15, 0.2) is 16.1 Å². The van der Waals surface area contributed by atoms with E-state index < -0.39 is 0 Å². The fourth-order valence-corrected chi connectivity index (χ4v) is 0.991. The molecule has 0 amide bonds.